The molecule has 0 aromatic heterocycles. The van der Waals surface area contributed by atoms with Gasteiger partial charge in [0.1, 0.15) is 5.92 Å². The highest BCUT2D eigenvalue weighted by Crippen LogP contribution is 2.48. The van der Waals surface area contributed by atoms with Crippen LogP contribution in [0.3, 0.4) is 0 Å². The van der Waals surface area contributed by atoms with Gasteiger partial charge in [-0.2, -0.15) is 0 Å². The average Bonchev–Trinajstić information content (AvgIpc) is 2.83. The smallest absolute Gasteiger partial charge is 0.315 e. The van der Waals surface area contributed by atoms with E-state index in [4.69, 9.17) is 14.5 Å². The number of aliphatic imine (C=N–C) groups is 1. The van der Waals surface area contributed by atoms with E-state index in [0.29, 0.717) is 41.9 Å². The molecule has 0 amide bonds. The summed E-state index contributed by atoms with van der Waals surface area (Å²) in [4.78, 5) is 31.7. The number of allylic oxidation sites excluding steroid dienone is 2. The maximum atomic E-state index is 13.6. The van der Waals surface area contributed by atoms with Crippen molar-refractivity contribution in [2.75, 3.05) is 7.11 Å². The van der Waals surface area contributed by atoms with Crippen molar-refractivity contribution in [3.8, 4) is 11.5 Å². The molecular weight excluding hydrogens is 430 g/mol. The van der Waals surface area contributed by atoms with Crippen LogP contribution in [-0.4, -0.2) is 35.8 Å². The van der Waals surface area contributed by atoms with Gasteiger partial charge in [-0.05, 0) is 55.9 Å². The van der Waals surface area contributed by atoms with Gasteiger partial charge in [0, 0.05) is 29.3 Å². The molecule has 2 aliphatic rings. The lowest BCUT2D eigenvalue weighted by Gasteiger charge is -2.37. The minimum absolute atomic E-state index is 0.000467. The van der Waals surface area contributed by atoms with Gasteiger partial charge in [0.05, 0.1) is 13.2 Å². The molecule has 4 atom stereocenters. The number of carbonyl (C=O) groups excluding carboxylic acids is 2. The second kappa shape index (κ2) is 9.84. The molecule has 2 aromatic rings. The van der Waals surface area contributed by atoms with Crippen molar-refractivity contribution in [3.05, 3.63) is 70.9 Å². The number of ketones is 1. The number of esters is 1. The van der Waals surface area contributed by atoms with Crippen LogP contribution >= 0.6 is 0 Å². The number of aromatic hydroxyl groups is 1. The molecule has 1 heterocycles. The number of methoxy groups -OCH3 is 1. The zero-order valence-electron chi connectivity index (χ0n) is 20.1. The number of phenols is 1. The van der Waals surface area contributed by atoms with Gasteiger partial charge in [0.25, 0.3) is 0 Å². The molecule has 0 fully saturated rings. The van der Waals surface area contributed by atoms with Crippen LogP contribution in [0.15, 0.2) is 64.8 Å². The zero-order valence-corrected chi connectivity index (χ0v) is 20.1. The summed E-state index contributed by atoms with van der Waals surface area (Å²) < 4.78 is 11.0. The summed E-state index contributed by atoms with van der Waals surface area (Å²) in [7, 11) is 1.47. The number of carbonyl (C=O) groups is 2. The lowest BCUT2D eigenvalue weighted by Crippen LogP contribution is -2.39. The maximum Gasteiger partial charge on any atom is 0.315 e. The highest BCUT2D eigenvalue weighted by molar-refractivity contribution is 6.09. The van der Waals surface area contributed by atoms with Crippen molar-refractivity contribution in [1.29, 1.82) is 0 Å². The molecular formula is C28H31NO5. The van der Waals surface area contributed by atoms with Crippen molar-refractivity contribution in [2.45, 2.75) is 58.0 Å². The van der Waals surface area contributed by atoms with Crippen LogP contribution in [0.2, 0.25) is 0 Å². The summed E-state index contributed by atoms with van der Waals surface area (Å²) in [6, 6.07) is 15.0. The molecule has 0 spiro atoms. The second-order valence-corrected chi connectivity index (χ2v) is 9.09. The molecule has 0 radical (unpaired) electrons. The normalized spacial score (nSPS) is 23.1. The Bertz CT molecular complexity index is 1150. The summed E-state index contributed by atoms with van der Waals surface area (Å²) in [6.07, 6.45) is 1.44. The van der Waals surface area contributed by atoms with E-state index >= 15 is 0 Å². The Balaban J connectivity index is 1.81. The molecule has 0 bridgehead atoms. The van der Waals surface area contributed by atoms with E-state index in [1.54, 1.807) is 12.1 Å². The minimum Gasteiger partial charge on any atom is -0.504 e. The third-order valence-corrected chi connectivity index (χ3v) is 6.87. The number of Topliss-reactive ketones (excluding diaryl/α,β-unsaturated/α-hetero) is 1. The molecule has 1 N–H and O–H groups in total. The van der Waals surface area contributed by atoms with E-state index in [0.717, 1.165) is 11.3 Å². The lowest BCUT2D eigenvalue weighted by atomic mass is 9.69. The van der Waals surface area contributed by atoms with Gasteiger partial charge >= 0.3 is 5.97 Å². The fraction of sp³-hybridized carbons (Fsp3) is 0.393. The number of hydrogen-bond donors (Lipinski definition) is 1. The molecule has 0 saturated heterocycles. The van der Waals surface area contributed by atoms with E-state index in [9.17, 15) is 14.7 Å². The summed E-state index contributed by atoms with van der Waals surface area (Å²) in [6.45, 7) is 5.64. The topological polar surface area (TPSA) is 85.2 Å². The molecule has 1 aliphatic carbocycles. The maximum absolute atomic E-state index is 13.6. The molecule has 1 unspecified atom stereocenters. The van der Waals surface area contributed by atoms with Crippen LogP contribution in [0.5, 0.6) is 11.5 Å². The first kappa shape index (κ1) is 23.7. The quantitative estimate of drug-likeness (QED) is 0.589. The Morgan fingerprint density at radius 2 is 1.88 bits per heavy atom. The van der Waals surface area contributed by atoms with Gasteiger partial charge < -0.3 is 14.6 Å². The predicted octanol–water partition coefficient (Wildman–Crippen LogP) is 5.32. The molecule has 6 heteroatoms. The number of hydrogen-bond acceptors (Lipinski definition) is 6. The first-order chi connectivity index (χ1) is 16.3. The van der Waals surface area contributed by atoms with Crippen molar-refractivity contribution in [1.82, 2.24) is 0 Å². The van der Waals surface area contributed by atoms with Crippen LogP contribution in [0.4, 0.5) is 0 Å². The van der Waals surface area contributed by atoms with Crippen LogP contribution in [-0.2, 0) is 14.3 Å². The zero-order chi connectivity index (χ0) is 24.4. The Kier molecular flexibility index (Phi) is 6.87. The lowest BCUT2D eigenvalue weighted by molar-refractivity contribution is -0.151. The highest BCUT2D eigenvalue weighted by atomic mass is 16.5. The second-order valence-electron chi connectivity index (χ2n) is 9.09. The molecule has 0 saturated carbocycles. The molecule has 4 rings (SSSR count). The van der Waals surface area contributed by atoms with Gasteiger partial charge in [-0.25, -0.2) is 0 Å². The van der Waals surface area contributed by atoms with Crippen molar-refractivity contribution in [3.63, 3.8) is 0 Å². The molecule has 178 valence electrons. The summed E-state index contributed by atoms with van der Waals surface area (Å²) in [5.41, 5.74) is 3.75. The average molecular weight is 462 g/mol. The van der Waals surface area contributed by atoms with Gasteiger partial charge in [-0.3, -0.25) is 14.6 Å². The Morgan fingerprint density at radius 3 is 2.56 bits per heavy atom. The number of phenolic OH excluding ortho intramolecular Hbond substituents is 1. The van der Waals surface area contributed by atoms with Crippen molar-refractivity contribution in [2.24, 2.45) is 10.9 Å². The molecule has 34 heavy (non-hydrogen) atoms. The number of rotatable bonds is 6. The SMILES string of the molecule is CC[C@@H](C)OC(=O)C1C(C)=NC2=C(C(=O)C[C@H](c3ccccc3)C2)[C@H]1c1ccc(O)c(OC)c1. The largest absolute Gasteiger partial charge is 0.504 e. The minimum atomic E-state index is -0.723. The Hall–Kier alpha value is -3.41. The number of ether oxygens (including phenoxy) is 2. The van der Waals surface area contributed by atoms with Crippen LogP contribution in [0, 0.1) is 5.92 Å². The molecule has 6 nitrogen and oxygen atoms in total. The van der Waals surface area contributed by atoms with E-state index in [1.165, 1.54) is 13.2 Å². The molecule has 2 aromatic carbocycles. The van der Waals surface area contributed by atoms with Crippen LogP contribution < -0.4 is 4.74 Å². The third-order valence-electron chi connectivity index (χ3n) is 6.87. The standard InChI is InChI=1S/C28H31NO5/c1-5-16(2)34-28(32)25-17(3)29-21-13-20(18-9-7-6-8-10-18)14-23(31)27(21)26(25)19-11-12-22(30)24(15-19)33-4/h6-12,15-16,20,25-26,30H,5,13-14H2,1-4H3/t16-,20-,25?,26+/m1/s1. The Labute approximate surface area is 200 Å². The first-order valence-corrected chi connectivity index (χ1v) is 11.8. The van der Waals surface area contributed by atoms with E-state index in [1.807, 2.05) is 51.1 Å². The number of nitrogens with zero attached hydrogens (tertiary/aromatic N) is 1. The van der Waals surface area contributed by atoms with E-state index in [2.05, 4.69) is 0 Å². The fourth-order valence-electron chi connectivity index (χ4n) is 4.93. The van der Waals surface area contributed by atoms with Gasteiger partial charge in [-0.1, -0.05) is 43.3 Å². The van der Waals surface area contributed by atoms with Crippen molar-refractivity contribution >= 4 is 17.5 Å². The first-order valence-electron chi connectivity index (χ1n) is 11.8. The van der Waals surface area contributed by atoms with Gasteiger partial charge in [0.2, 0.25) is 0 Å². The summed E-state index contributed by atoms with van der Waals surface area (Å²) in [5, 5.41) is 10.1. The van der Waals surface area contributed by atoms with Crippen LogP contribution in [0.25, 0.3) is 0 Å². The van der Waals surface area contributed by atoms with Crippen molar-refractivity contribution < 1.29 is 24.2 Å². The van der Waals surface area contributed by atoms with E-state index in [-0.39, 0.29) is 23.6 Å². The predicted molar refractivity (Wildman–Crippen MR) is 130 cm³/mol. The fourth-order valence-corrected chi connectivity index (χ4v) is 4.93. The monoisotopic (exact) mass is 461 g/mol. The van der Waals surface area contributed by atoms with Crippen LogP contribution in [0.1, 0.15) is 63.0 Å². The summed E-state index contributed by atoms with van der Waals surface area (Å²) >= 11 is 0. The summed E-state index contributed by atoms with van der Waals surface area (Å²) in [5.74, 6) is -1.34. The van der Waals surface area contributed by atoms with Gasteiger partial charge in [0.15, 0.2) is 17.3 Å². The van der Waals surface area contributed by atoms with E-state index < -0.39 is 17.8 Å². The Morgan fingerprint density at radius 1 is 1.15 bits per heavy atom. The molecule has 1 aliphatic heterocycles. The highest BCUT2D eigenvalue weighted by Gasteiger charge is 2.45. The third kappa shape index (κ3) is 4.49. The van der Waals surface area contributed by atoms with Gasteiger partial charge in [-0.15, -0.1) is 0 Å². The number of benzene rings is 2.